The number of hydrogen-bond donors (Lipinski definition) is 0. The molecule has 0 aliphatic carbocycles. The first kappa shape index (κ1) is 24.0. The highest BCUT2D eigenvalue weighted by Gasteiger charge is 2.36. The maximum atomic E-state index is 6.04. The number of hydrogen-bond acceptors (Lipinski definition) is 5. The van der Waals surface area contributed by atoms with Gasteiger partial charge in [-0.3, -0.25) is 0 Å². The fourth-order valence-corrected chi connectivity index (χ4v) is 2.61. The van der Waals surface area contributed by atoms with Gasteiger partial charge in [-0.05, 0) is 24.6 Å². The summed E-state index contributed by atoms with van der Waals surface area (Å²) in [7, 11) is -1.65. The van der Waals surface area contributed by atoms with Crippen LogP contribution in [0.15, 0.2) is 0 Å². The van der Waals surface area contributed by atoms with Crippen LogP contribution in [0.25, 0.3) is 0 Å². The molecular formula is C18H40O5Si. The van der Waals surface area contributed by atoms with Gasteiger partial charge in [0.25, 0.3) is 0 Å². The molecule has 0 unspecified atom stereocenters. The Bertz CT molecular complexity index is 279. The van der Waals surface area contributed by atoms with Gasteiger partial charge < -0.3 is 23.4 Å². The lowest BCUT2D eigenvalue weighted by molar-refractivity contribution is -0.00521. The van der Waals surface area contributed by atoms with Crippen molar-refractivity contribution in [3.63, 3.8) is 0 Å². The number of unbranched alkanes of at least 4 members (excludes halogenated alkanes) is 1. The highest BCUT2D eigenvalue weighted by atomic mass is 28.4. The second-order valence-electron chi connectivity index (χ2n) is 7.41. The van der Waals surface area contributed by atoms with E-state index in [1.807, 2.05) is 0 Å². The first-order chi connectivity index (χ1) is 11.3. The molecule has 0 aliphatic rings. The lowest BCUT2D eigenvalue weighted by Crippen LogP contribution is -2.41. The monoisotopic (exact) mass is 364 g/mol. The van der Waals surface area contributed by atoms with E-state index < -0.39 is 8.32 Å². The summed E-state index contributed by atoms with van der Waals surface area (Å²) in [6.45, 7) is 19.2. The maximum Gasteiger partial charge on any atom is 0.192 e. The van der Waals surface area contributed by atoms with Gasteiger partial charge in [-0.15, -0.1) is 0 Å². The van der Waals surface area contributed by atoms with E-state index in [0.717, 1.165) is 13.0 Å². The topological polar surface area (TPSA) is 46.2 Å². The Kier molecular flexibility index (Phi) is 14.2. The summed E-state index contributed by atoms with van der Waals surface area (Å²) in [5, 5.41) is 0.247. The molecule has 5 nitrogen and oxygen atoms in total. The van der Waals surface area contributed by atoms with Gasteiger partial charge in [0.05, 0.1) is 52.9 Å². The summed E-state index contributed by atoms with van der Waals surface area (Å²) in [5.74, 6) is 0. The summed E-state index contributed by atoms with van der Waals surface area (Å²) in [6, 6.07) is 0. The molecule has 0 aromatic heterocycles. The average molecular weight is 365 g/mol. The van der Waals surface area contributed by atoms with Crippen LogP contribution in [0, 0.1) is 0 Å². The van der Waals surface area contributed by atoms with E-state index in [1.54, 1.807) is 0 Å². The first-order valence-electron chi connectivity index (χ1n) is 9.26. The van der Waals surface area contributed by atoms with Crippen LogP contribution >= 0.6 is 0 Å². The highest BCUT2D eigenvalue weighted by Crippen LogP contribution is 2.36. The van der Waals surface area contributed by atoms with Crippen LogP contribution in [0.5, 0.6) is 0 Å². The van der Waals surface area contributed by atoms with Crippen LogP contribution in [0.1, 0.15) is 40.5 Å². The Morgan fingerprint density at radius 1 is 0.625 bits per heavy atom. The van der Waals surface area contributed by atoms with Gasteiger partial charge in [0, 0.05) is 6.61 Å². The predicted molar refractivity (Wildman–Crippen MR) is 101 cm³/mol. The van der Waals surface area contributed by atoms with Crippen molar-refractivity contribution >= 4 is 8.32 Å². The molecule has 0 aliphatic heterocycles. The molecule has 0 rings (SSSR count). The van der Waals surface area contributed by atoms with E-state index >= 15 is 0 Å². The minimum atomic E-state index is -1.65. The van der Waals surface area contributed by atoms with E-state index in [9.17, 15) is 0 Å². The van der Waals surface area contributed by atoms with Crippen LogP contribution in [0.4, 0.5) is 0 Å². The van der Waals surface area contributed by atoms with Crippen molar-refractivity contribution in [2.45, 2.75) is 58.7 Å². The summed E-state index contributed by atoms with van der Waals surface area (Å²) in [5.41, 5.74) is 0. The van der Waals surface area contributed by atoms with Crippen LogP contribution in [0.2, 0.25) is 18.1 Å². The molecule has 6 heteroatoms. The predicted octanol–water partition coefficient (Wildman–Crippen LogP) is 3.87. The van der Waals surface area contributed by atoms with E-state index in [-0.39, 0.29) is 5.04 Å². The largest absolute Gasteiger partial charge is 0.414 e. The molecule has 0 atom stereocenters. The zero-order valence-electron chi connectivity index (χ0n) is 16.8. The summed E-state index contributed by atoms with van der Waals surface area (Å²) < 4.78 is 27.9. The second kappa shape index (κ2) is 14.2. The first-order valence-corrected chi connectivity index (χ1v) is 12.2. The third-order valence-electron chi connectivity index (χ3n) is 4.26. The average Bonchev–Trinajstić information content (AvgIpc) is 2.50. The molecule has 0 aromatic carbocycles. The quantitative estimate of drug-likeness (QED) is 0.307. The molecule has 0 heterocycles. The van der Waals surface area contributed by atoms with Crippen LogP contribution < -0.4 is 0 Å². The highest BCUT2D eigenvalue weighted by molar-refractivity contribution is 6.74. The Balaban J connectivity index is 3.24. The summed E-state index contributed by atoms with van der Waals surface area (Å²) >= 11 is 0. The zero-order valence-corrected chi connectivity index (χ0v) is 17.8. The fraction of sp³-hybridized carbons (Fsp3) is 1.00. The lowest BCUT2D eigenvalue weighted by Gasteiger charge is -2.36. The Morgan fingerprint density at radius 3 is 1.38 bits per heavy atom. The zero-order chi connectivity index (χ0) is 18.3. The van der Waals surface area contributed by atoms with E-state index in [4.69, 9.17) is 23.4 Å². The normalized spacial score (nSPS) is 12.8. The van der Waals surface area contributed by atoms with Crippen molar-refractivity contribution in [1.29, 1.82) is 0 Å². The second-order valence-corrected chi connectivity index (χ2v) is 12.2. The maximum absolute atomic E-state index is 6.04. The SMILES string of the molecule is CCCCOCCOCCOCCOCCO[Si](C)(C)C(C)(C)C. The molecule has 0 aromatic rings. The van der Waals surface area contributed by atoms with Gasteiger partial charge in [-0.1, -0.05) is 34.1 Å². The van der Waals surface area contributed by atoms with Crippen LogP contribution in [0.3, 0.4) is 0 Å². The Hall–Kier alpha value is 0.0169. The number of ether oxygens (including phenoxy) is 4. The molecule has 0 saturated heterocycles. The van der Waals surface area contributed by atoms with Gasteiger partial charge in [-0.25, -0.2) is 0 Å². The smallest absolute Gasteiger partial charge is 0.192 e. The van der Waals surface area contributed by atoms with Gasteiger partial charge in [0.1, 0.15) is 0 Å². The van der Waals surface area contributed by atoms with Gasteiger partial charge in [0.2, 0.25) is 0 Å². The van der Waals surface area contributed by atoms with E-state index in [1.165, 1.54) is 6.42 Å². The Labute approximate surface area is 150 Å². The molecule has 0 fully saturated rings. The van der Waals surface area contributed by atoms with Crippen molar-refractivity contribution < 1.29 is 23.4 Å². The molecule has 0 bridgehead atoms. The molecule has 0 spiro atoms. The van der Waals surface area contributed by atoms with Crippen molar-refractivity contribution in [3.8, 4) is 0 Å². The van der Waals surface area contributed by atoms with E-state index in [0.29, 0.717) is 52.9 Å². The summed E-state index contributed by atoms with van der Waals surface area (Å²) in [6.07, 6.45) is 2.28. The lowest BCUT2D eigenvalue weighted by atomic mass is 10.2. The molecular weight excluding hydrogens is 324 g/mol. The minimum absolute atomic E-state index is 0.247. The Morgan fingerprint density at radius 2 is 1.00 bits per heavy atom. The van der Waals surface area contributed by atoms with Gasteiger partial charge >= 0.3 is 0 Å². The van der Waals surface area contributed by atoms with Crippen molar-refractivity contribution in [3.05, 3.63) is 0 Å². The minimum Gasteiger partial charge on any atom is -0.414 e. The van der Waals surface area contributed by atoms with Crippen molar-refractivity contribution in [2.24, 2.45) is 0 Å². The molecule has 0 N–H and O–H groups in total. The van der Waals surface area contributed by atoms with Crippen LogP contribution in [-0.2, 0) is 23.4 Å². The number of rotatable bonds is 16. The van der Waals surface area contributed by atoms with Crippen molar-refractivity contribution in [2.75, 3.05) is 59.5 Å². The molecule has 24 heavy (non-hydrogen) atoms. The van der Waals surface area contributed by atoms with Gasteiger partial charge in [0.15, 0.2) is 8.32 Å². The summed E-state index contributed by atoms with van der Waals surface area (Å²) in [4.78, 5) is 0. The molecule has 0 saturated carbocycles. The van der Waals surface area contributed by atoms with Crippen LogP contribution in [-0.4, -0.2) is 67.8 Å². The van der Waals surface area contributed by atoms with Gasteiger partial charge in [-0.2, -0.15) is 0 Å². The van der Waals surface area contributed by atoms with E-state index in [2.05, 4.69) is 40.8 Å². The van der Waals surface area contributed by atoms with Crippen molar-refractivity contribution in [1.82, 2.24) is 0 Å². The third kappa shape index (κ3) is 13.3. The third-order valence-corrected chi connectivity index (χ3v) is 8.79. The fourth-order valence-electron chi connectivity index (χ4n) is 1.58. The molecule has 0 amide bonds. The molecule has 0 radical (unpaired) electrons. The molecule has 146 valence electrons. The standard InChI is InChI=1S/C18H40O5Si/c1-7-8-9-19-10-11-20-12-13-21-14-15-22-16-17-23-24(5,6)18(2,3)4/h7-17H2,1-6H3.